The third-order valence-electron chi connectivity index (χ3n) is 2.25. The number of aliphatic carboxylic acids is 1. The number of benzene rings is 1. The number of urea groups is 1. The van der Waals surface area contributed by atoms with Gasteiger partial charge in [0, 0.05) is 4.47 Å². The van der Waals surface area contributed by atoms with E-state index in [1.807, 2.05) is 5.32 Å². The van der Waals surface area contributed by atoms with E-state index in [9.17, 15) is 18.8 Å². The lowest BCUT2D eigenvalue weighted by molar-refractivity contribution is -0.140. The molecule has 1 rings (SSSR count). The maximum atomic E-state index is 13.0. The molecule has 0 bridgehead atoms. The van der Waals surface area contributed by atoms with Crippen molar-refractivity contribution in [2.75, 3.05) is 5.32 Å². The van der Waals surface area contributed by atoms with Gasteiger partial charge in [-0.3, -0.25) is 4.79 Å². The second kappa shape index (κ2) is 7.23. The summed E-state index contributed by atoms with van der Waals surface area (Å²) in [6, 6.07) is -0.377. The second-order valence-corrected chi connectivity index (χ2v) is 5.17. The monoisotopic (exact) mass is 381 g/mol. The first-order chi connectivity index (χ1) is 9.70. The summed E-state index contributed by atoms with van der Waals surface area (Å²) in [5, 5.41) is 13.1. The van der Waals surface area contributed by atoms with Crippen molar-refractivity contribution in [3.05, 3.63) is 27.4 Å². The van der Waals surface area contributed by atoms with Crippen molar-refractivity contribution in [3.63, 3.8) is 0 Å². The van der Waals surface area contributed by atoms with Crippen molar-refractivity contribution >= 4 is 51.1 Å². The number of hydrogen-bond acceptors (Lipinski definition) is 3. The molecule has 0 aliphatic heterocycles. The molecule has 0 aromatic heterocycles. The summed E-state index contributed by atoms with van der Waals surface area (Å²) in [4.78, 5) is 33.3. The van der Waals surface area contributed by atoms with Crippen LogP contribution >= 0.6 is 27.5 Å². The van der Waals surface area contributed by atoms with Crippen LogP contribution in [-0.2, 0) is 9.59 Å². The highest BCUT2D eigenvalue weighted by atomic mass is 79.9. The van der Waals surface area contributed by atoms with Crippen LogP contribution in [0.25, 0.3) is 0 Å². The van der Waals surface area contributed by atoms with Gasteiger partial charge in [0.2, 0.25) is 5.91 Å². The predicted octanol–water partition coefficient (Wildman–Crippen LogP) is 1.69. The Morgan fingerprint density at radius 1 is 1.43 bits per heavy atom. The van der Waals surface area contributed by atoms with Crippen molar-refractivity contribution in [2.45, 2.75) is 12.5 Å². The van der Waals surface area contributed by atoms with E-state index < -0.39 is 36.2 Å². The van der Waals surface area contributed by atoms with Crippen LogP contribution in [0, 0.1) is 5.82 Å². The summed E-state index contributed by atoms with van der Waals surface area (Å²) >= 11 is 8.76. The van der Waals surface area contributed by atoms with Crippen LogP contribution in [0.4, 0.5) is 14.9 Å². The number of primary amides is 1. The maximum absolute atomic E-state index is 13.0. The fraction of sp³-hybridized carbons (Fsp3) is 0.182. The number of amides is 3. The first-order valence-electron chi connectivity index (χ1n) is 5.44. The van der Waals surface area contributed by atoms with E-state index >= 15 is 0 Å². The SMILES string of the molecule is NC(=O)C[C@@H](NC(=O)Nc1c(Cl)cc(F)cc1Br)C(=O)O. The lowest BCUT2D eigenvalue weighted by atomic mass is 10.2. The standard InChI is InChI=1S/C11H10BrClFN3O4/c12-5-1-4(14)2-6(13)9(5)17-11(21)16-7(10(19)20)3-8(15)18/h1-2,7H,3H2,(H2,15,18)(H,19,20)(H2,16,17,21)/t7-/m1/s1. The highest BCUT2D eigenvalue weighted by Crippen LogP contribution is 2.31. The van der Waals surface area contributed by atoms with Crippen LogP contribution in [0.5, 0.6) is 0 Å². The number of carboxylic acids is 1. The summed E-state index contributed by atoms with van der Waals surface area (Å²) in [6.07, 6.45) is -0.568. The molecule has 1 aromatic rings. The summed E-state index contributed by atoms with van der Waals surface area (Å²) in [7, 11) is 0. The molecule has 5 N–H and O–H groups in total. The minimum atomic E-state index is -1.49. The van der Waals surface area contributed by atoms with Crippen LogP contribution in [0.15, 0.2) is 16.6 Å². The van der Waals surface area contributed by atoms with Crippen LogP contribution in [0.2, 0.25) is 5.02 Å². The number of nitrogens with two attached hydrogens (primary N) is 1. The summed E-state index contributed by atoms with van der Waals surface area (Å²) < 4.78 is 13.2. The molecule has 3 amide bonds. The average molecular weight is 383 g/mol. The third kappa shape index (κ3) is 5.20. The fourth-order valence-electron chi connectivity index (χ4n) is 1.37. The van der Waals surface area contributed by atoms with Crippen molar-refractivity contribution in [1.29, 1.82) is 0 Å². The van der Waals surface area contributed by atoms with Gasteiger partial charge in [0.05, 0.1) is 17.1 Å². The average Bonchev–Trinajstić information content (AvgIpc) is 2.32. The minimum absolute atomic E-state index is 0.0544. The highest BCUT2D eigenvalue weighted by Gasteiger charge is 2.22. The number of hydrogen-bond donors (Lipinski definition) is 4. The van der Waals surface area contributed by atoms with Gasteiger partial charge in [-0.05, 0) is 28.1 Å². The Morgan fingerprint density at radius 3 is 2.52 bits per heavy atom. The number of carbonyl (C=O) groups excluding carboxylic acids is 2. The van der Waals surface area contributed by atoms with Crippen molar-refractivity contribution in [2.24, 2.45) is 5.73 Å². The number of halogens is 3. The van der Waals surface area contributed by atoms with Crippen molar-refractivity contribution < 1.29 is 23.9 Å². The zero-order valence-electron chi connectivity index (χ0n) is 10.3. The molecule has 0 aliphatic rings. The molecule has 114 valence electrons. The van der Waals surface area contributed by atoms with E-state index in [1.54, 1.807) is 0 Å². The highest BCUT2D eigenvalue weighted by molar-refractivity contribution is 9.10. The van der Waals surface area contributed by atoms with Crippen LogP contribution in [-0.4, -0.2) is 29.1 Å². The Bertz CT molecular complexity index is 576. The molecule has 21 heavy (non-hydrogen) atoms. The van der Waals surface area contributed by atoms with Gasteiger partial charge in [0.25, 0.3) is 0 Å². The predicted molar refractivity (Wildman–Crippen MR) is 76.5 cm³/mol. The van der Waals surface area contributed by atoms with Crippen molar-refractivity contribution in [3.8, 4) is 0 Å². The Labute approximate surface area is 131 Å². The van der Waals surface area contributed by atoms with Gasteiger partial charge in [-0.15, -0.1) is 0 Å². The number of rotatable bonds is 5. The Balaban J connectivity index is 2.82. The summed E-state index contributed by atoms with van der Waals surface area (Å²) in [5.74, 6) is -2.92. The van der Waals surface area contributed by atoms with E-state index in [1.165, 1.54) is 0 Å². The van der Waals surface area contributed by atoms with E-state index in [-0.39, 0.29) is 15.2 Å². The number of nitrogens with one attached hydrogen (secondary N) is 2. The summed E-state index contributed by atoms with van der Waals surface area (Å²) in [5.41, 5.74) is 4.93. The molecule has 0 radical (unpaired) electrons. The third-order valence-corrected chi connectivity index (χ3v) is 3.18. The molecule has 0 unspecified atom stereocenters. The first-order valence-corrected chi connectivity index (χ1v) is 6.61. The Morgan fingerprint density at radius 2 is 2.05 bits per heavy atom. The molecule has 0 fully saturated rings. The largest absolute Gasteiger partial charge is 0.480 e. The van der Waals surface area contributed by atoms with Gasteiger partial charge >= 0.3 is 12.0 Å². The molecule has 0 spiro atoms. The normalized spacial score (nSPS) is 11.6. The second-order valence-electron chi connectivity index (χ2n) is 3.90. The van der Waals surface area contributed by atoms with Gasteiger partial charge < -0.3 is 21.5 Å². The van der Waals surface area contributed by atoms with E-state index in [0.717, 1.165) is 12.1 Å². The molecular weight excluding hydrogens is 372 g/mol. The Hall–Kier alpha value is -1.87. The van der Waals surface area contributed by atoms with Gasteiger partial charge in [0.1, 0.15) is 11.9 Å². The van der Waals surface area contributed by atoms with Gasteiger partial charge in [-0.2, -0.15) is 0 Å². The quantitative estimate of drug-likeness (QED) is 0.619. The molecular formula is C11H10BrClFN3O4. The zero-order chi connectivity index (χ0) is 16.2. The van der Waals surface area contributed by atoms with Crippen LogP contribution in [0.1, 0.15) is 6.42 Å². The molecule has 1 atom stereocenters. The molecule has 0 aliphatic carbocycles. The maximum Gasteiger partial charge on any atom is 0.326 e. The molecule has 7 nitrogen and oxygen atoms in total. The molecule has 0 saturated carbocycles. The molecule has 1 aromatic carbocycles. The van der Waals surface area contributed by atoms with Crippen LogP contribution < -0.4 is 16.4 Å². The topological polar surface area (TPSA) is 122 Å². The van der Waals surface area contributed by atoms with Crippen LogP contribution in [0.3, 0.4) is 0 Å². The molecule has 0 saturated heterocycles. The zero-order valence-corrected chi connectivity index (χ0v) is 12.7. The number of anilines is 1. The number of carboxylic acid groups (broad SMARTS) is 1. The van der Waals surface area contributed by atoms with E-state index in [0.29, 0.717) is 0 Å². The van der Waals surface area contributed by atoms with E-state index in [4.69, 9.17) is 22.4 Å². The molecule has 10 heteroatoms. The van der Waals surface area contributed by atoms with Gasteiger partial charge in [-0.1, -0.05) is 11.6 Å². The van der Waals surface area contributed by atoms with Gasteiger partial charge in [-0.25, -0.2) is 14.0 Å². The minimum Gasteiger partial charge on any atom is -0.480 e. The fourth-order valence-corrected chi connectivity index (χ4v) is 2.27. The smallest absolute Gasteiger partial charge is 0.326 e. The lowest BCUT2D eigenvalue weighted by Gasteiger charge is -2.15. The number of carbonyl (C=O) groups is 3. The first kappa shape index (κ1) is 17.2. The Kier molecular flexibility index (Phi) is 5.91. The lowest BCUT2D eigenvalue weighted by Crippen LogP contribution is -2.45. The van der Waals surface area contributed by atoms with Gasteiger partial charge in [0.15, 0.2) is 0 Å². The van der Waals surface area contributed by atoms with Crippen molar-refractivity contribution in [1.82, 2.24) is 5.32 Å². The summed E-state index contributed by atoms with van der Waals surface area (Å²) in [6.45, 7) is 0. The molecule has 0 heterocycles. The van der Waals surface area contributed by atoms with E-state index in [2.05, 4.69) is 21.2 Å².